The predicted molar refractivity (Wildman–Crippen MR) is 223 cm³/mol. The van der Waals surface area contributed by atoms with E-state index in [4.69, 9.17) is 56.8 Å². The first-order valence-corrected chi connectivity index (χ1v) is 21.2. The summed E-state index contributed by atoms with van der Waals surface area (Å²) in [6.07, 6.45) is -20.3. The first kappa shape index (κ1) is 52.3. The molecule has 2 aromatic carbocycles. The Morgan fingerprint density at radius 2 is 0.941 bits per heavy atom. The van der Waals surface area contributed by atoms with Crippen molar-refractivity contribution in [1.29, 1.82) is 0 Å². The monoisotopic (exact) mass is 959 g/mol. The molecule has 2 fully saturated rings. The van der Waals surface area contributed by atoms with Crippen LogP contribution in [-0.2, 0) is 95.2 Å². The van der Waals surface area contributed by atoms with Crippen LogP contribution in [0.25, 0.3) is 11.1 Å². The van der Waals surface area contributed by atoms with Gasteiger partial charge >= 0.3 is 53.8 Å². The maximum Gasteiger partial charge on any atom is 0.407 e. The maximum absolute atomic E-state index is 13.3. The summed E-state index contributed by atoms with van der Waals surface area (Å²) in [5, 5.41) is 12.6. The molecule has 2 saturated heterocycles. The topological polar surface area (TPSA) is 297 Å². The fourth-order valence-electron chi connectivity index (χ4n) is 8.02. The fourth-order valence-corrected chi connectivity index (χ4v) is 8.02. The molecule has 0 aromatic heterocycles. The van der Waals surface area contributed by atoms with Crippen LogP contribution in [0.15, 0.2) is 48.5 Å². The number of benzene rings is 2. The Kier molecular flexibility index (Phi) is 18.0. The zero-order valence-electron chi connectivity index (χ0n) is 38.3. The Morgan fingerprint density at radius 1 is 0.529 bits per heavy atom. The summed E-state index contributed by atoms with van der Waals surface area (Å²) in [6, 6.07) is 13.3. The third kappa shape index (κ3) is 13.5. The highest BCUT2D eigenvalue weighted by Gasteiger charge is 2.58. The lowest BCUT2D eigenvalue weighted by Gasteiger charge is -2.49. The number of alkyl carbamates (subject to hydrolysis) is 1. The number of amides is 1. The summed E-state index contributed by atoms with van der Waals surface area (Å²) in [5.74, 6) is -8.49. The van der Waals surface area contributed by atoms with E-state index in [9.17, 15) is 48.3 Å². The summed E-state index contributed by atoms with van der Waals surface area (Å²) in [7, 11) is 0. The Bertz CT molecular complexity index is 2170. The molecule has 5 rings (SSSR count). The molecular weight excluding hydrogens is 906 g/mol. The minimum Gasteiger partial charge on any atom is -0.480 e. The highest BCUT2D eigenvalue weighted by molar-refractivity contribution is 5.81. The molecule has 0 saturated carbocycles. The maximum atomic E-state index is 13.3. The molecule has 3 aliphatic rings. The average Bonchev–Trinajstić information content (AvgIpc) is 3.57. The quantitative estimate of drug-likeness (QED) is 0.159. The van der Waals surface area contributed by atoms with Gasteiger partial charge in [-0.2, -0.15) is 0 Å². The molecule has 23 heteroatoms. The second-order valence-corrected chi connectivity index (χ2v) is 15.8. The second-order valence-electron chi connectivity index (χ2n) is 15.8. The summed E-state index contributed by atoms with van der Waals surface area (Å²) in [6.45, 7) is 6.75. The Morgan fingerprint density at radius 3 is 1.41 bits per heavy atom. The van der Waals surface area contributed by atoms with Crippen molar-refractivity contribution in [2.45, 2.75) is 135 Å². The van der Waals surface area contributed by atoms with Crippen molar-refractivity contribution in [3.05, 3.63) is 59.7 Å². The number of carbonyl (C=O) groups is 9. The van der Waals surface area contributed by atoms with E-state index in [1.165, 1.54) is 6.92 Å². The molecular formula is C45H53NO22. The van der Waals surface area contributed by atoms with Gasteiger partial charge in [0.05, 0.1) is 6.10 Å². The van der Waals surface area contributed by atoms with Crippen molar-refractivity contribution < 1.29 is 105 Å². The van der Waals surface area contributed by atoms with E-state index in [0.29, 0.717) is 0 Å². The highest BCUT2D eigenvalue weighted by atomic mass is 16.8. The van der Waals surface area contributed by atoms with E-state index < -0.39 is 141 Å². The van der Waals surface area contributed by atoms with E-state index >= 15 is 0 Å². The molecule has 2 aliphatic heterocycles. The van der Waals surface area contributed by atoms with Crippen LogP contribution >= 0.6 is 0 Å². The third-order valence-corrected chi connectivity index (χ3v) is 10.6. The van der Waals surface area contributed by atoms with Gasteiger partial charge in [0.2, 0.25) is 0 Å². The molecule has 370 valence electrons. The minimum absolute atomic E-state index is 0.162. The van der Waals surface area contributed by atoms with Crippen LogP contribution < -0.4 is 5.32 Å². The van der Waals surface area contributed by atoms with Crippen molar-refractivity contribution in [2.24, 2.45) is 0 Å². The summed E-state index contributed by atoms with van der Waals surface area (Å²) < 4.78 is 68.3. The van der Waals surface area contributed by atoms with Crippen LogP contribution in [0.2, 0.25) is 0 Å². The molecule has 2 N–H and O–H groups in total. The van der Waals surface area contributed by atoms with E-state index in [1.54, 1.807) is 0 Å². The smallest absolute Gasteiger partial charge is 0.407 e. The van der Waals surface area contributed by atoms with Gasteiger partial charge in [-0.05, 0) is 29.2 Å². The molecule has 0 spiro atoms. The molecule has 12 atom stereocenters. The van der Waals surface area contributed by atoms with E-state index in [0.717, 1.165) is 70.7 Å². The zero-order chi connectivity index (χ0) is 50.0. The van der Waals surface area contributed by atoms with Gasteiger partial charge in [-0.25, -0.2) is 9.59 Å². The third-order valence-electron chi connectivity index (χ3n) is 10.6. The number of aliphatic carboxylic acids is 1. The number of hydrogen-bond donors (Lipinski definition) is 2. The lowest BCUT2D eigenvalue weighted by Crippen LogP contribution is -2.67. The summed E-state index contributed by atoms with van der Waals surface area (Å²) >= 11 is 0. The van der Waals surface area contributed by atoms with E-state index in [1.807, 2.05) is 48.5 Å². The number of nitrogens with one attached hydrogen (secondary N) is 1. The Labute approximate surface area is 389 Å². The summed E-state index contributed by atoms with van der Waals surface area (Å²) in [5.41, 5.74) is 3.73. The predicted octanol–water partition coefficient (Wildman–Crippen LogP) is 2.00. The molecule has 1 amide bonds. The number of carboxylic acids is 1. The number of ether oxygens (including phenoxy) is 12. The van der Waals surface area contributed by atoms with Gasteiger partial charge in [-0.1, -0.05) is 48.5 Å². The van der Waals surface area contributed by atoms with Gasteiger partial charge in [0.15, 0.2) is 49.1 Å². The number of carbonyl (C=O) groups excluding carboxylic acids is 8. The van der Waals surface area contributed by atoms with Crippen LogP contribution in [0.3, 0.4) is 0 Å². The number of fused-ring (bicyclic) bond motifs is 3. The molecule has 68 heavy (non-hydrogen) atoms. The van der Waals surface area contributed by atoms with Gasteiger partial charge in [0.1, 0.15) is 38.1 Å². The molecule has 2 aromatic rings. The first-order valence-electron chi connectivity index (χ1n) is 21.2. The number of carboxylic acid groups (broad SMARTS) is 1. The normalized spacial score (nSPS) is 25.9. The van der Waals surface area contributed by atoms with Crippen molar-refractivity contribution in [2.75, 3.05) is 19.8 Å². The number of rotatable bonds is 18. The van der Waals surface area contributed by atoms with Crippen molar-refractivity contribution in [1.82, 2.24) is 5.32 Å². The average molecular weight is 960 g/mol. The SMILES string of the molecule is CC(=O)OC[C@@H]1O[C@H](O[C@H]2[C@@H](OC(C)=O)[C@@H](OC(C)=O)[C@H](O[C@@H](C)[C@@H](NC(=O)OCC3c4ccccc4-c4ccccc43)C(=O)O)O[C@H]2COC(C)=O)[C@@H](OC(C)=O)[C@H](OC(C)=O)[C@H]1OC(C)=O. The van der Waals surface area contributed by atoms with Crippen LogP contribution in [0, 0.1) is 0 Å². The number of esters is 7. The molecule has 0 radical (unpaired) electrons. The second kappa shape index (κ2) is 23.4. The van der Waals surface area contributed by atoms with Gasteiger partial charge in [-0.15, -0.1) is 0 Å². The van der Waals surface area contributed by atoms with Crippen LogP contribution in [0.5, 0.6) is 0 Å². The fraction of sp³-hybridized carbons (Fsp3) is 0.533. The van der Waals surface area contributed by atoms with Crippen LogP contribution in [0.1, 0.15) is 72.4 Å². The molecule has 0 bridgehead atoms. The van der Waals surface area contributed by atoms with Gasteiger partial charge in [0, 0.05) is 54.4 Å². The van der Waals surface area contributed by atoms with Crippen molar-refractivity contribution >= 4 is 53.8 Å². The molecule has 23 nitrogen and oxygen atoms in total. The molecule has 1 aliphatic carbocycles. The lowest BCUT2D eigenvalue weighted by atomic mass is 9.96. The largest absolute Gasteiger partial charge is 0.480 e. The van der Waals surface area contributed by atoms with Crippen LogP contribution in [-0.4, -0.2) is 152 Å². The molecule has 0 unspecified atom stereocenters. The van der Waals surface area contributed by atoms with Gasteiger partial charge < -0.3 is 67.3 Å². The molecule has 2 heterocycles. The van der Waals surface area contributed by atoms with Crippen molar-refractivity contribution in [3.63, 3.8) is 0 Å². The summed E-state index contributed by atoms with van der Waals surface area (Å²) in [4.78, 5) is 113. The standard InChI is InChI=1S/C45H53NO22/c1-20(35(42(54)55)46-45(56)59-17-32-30-15-11-9-13-28(30)29-14-10-12-16-31(29)32)60-43-40(64-26(7)52)39(63-25(6)51)37(34(66-43)19-58-22(3)48)68-44-41(65-27(8)53)38(62-24(5)50)36(61-23(4)49)33(67-44)18-57-21(2)47/h9-16,20,32-41,43-44H,17-19H2,1-8H3,(H,46,56)(H,54,55)/t20-,33-,34-,35+,36-,37+,38+,39+,40+,41-,43+,44+/m0/s1. The number of hydrogen-bond acceptors (Lipinski definition) is 21. The van der Waals surface area contributed by atoms with E-state index in [2.05, 4.69) is 5.32 Å². The van der Waals surface area contributed by atoms with Crippen molar-refractivity contribution in [3.8, 4) is 11.1 Å². The highest BCUT2D eigenvalue weighted by Crippen LogP contribution is 2.44. The van der Waals surface area contributed by atoms with Crippen LogP contribution in [0.4, 0.5) is 4.79 Å². The van der Waals surface area contributed by atoms with Gasteiger partial charge in [-0.3, -0.25) is 33.6 Å². The van der Waals surface area contributed by atoms with E-state index in [-0.39, 0.29) is 12.5 Å². The zero-order valence-corrected chi connectivity index (χ0v) is 38.3. The Balaban J connectivity index is 1.46. The Hall–Kier alpha value is -6.69. The minimum atomic E-state index is -1.94. The first-order chi connectivity index (χ1) is 32.1. The lowest BCUT2D eigenvalue weighted by molar-refractivity contribution is -0.364. The van der Waals surface area contributed by atoms with Gasteiger partial charge in [0.25, 0.3) is 0 Å².